The number of benzene rings is 2. The van der Waals surface area contributed by atoms with Crippen molar-refractivity contribution in [3.8, 4) is 22.6 Å². The van der Waals surface area contributed by atoms with Crippen LogP contribution in [-0.2, 0) is 11.3 Å². The van der Waals surface area contributed by atoms with Gasteiger partial charge in [-0.1, -0.05) is 37.3 Å². The van der Waals surface area contributed by atoms with Crippen LogP contribution in [0.3, 0.4) is 0 Å². The predicted molar refractivity (Wildman–Crippen MR) is 134 cm³/mol. The summed E-state index contributed by atoms with van der Waals surface area (Å²) in [7, 11) is 1.57. The molecule has 0 saturated carbocycles. The predicted octanol–water partition coefficient (Wildman–Crippen LogP) is 4.07. The zero-order valence-corrected chi connectivity index (χ0v) is 19.7. The summed E-state index contributed by atoms with van der Waals surface area (Å²) >= 11 is 1.40. The van der Waals surface area contributed by atoms with Gasteiger partial charge in [-0.3, -0.25) is 14.2 Å². The van der Waals surface area contributed by atoms with Gasteiger partial charge in [-0.2, -0.15) is 5.10 Å². The van der Waals surface area contributed by atoms with E-state index in [4.69, 9.17) is 9.47 Å². The van der Waals surface area contributed by atoms with Crippen molar-refractivity contribution >= 4 is 33.7 Å². The second kappa shape index (κ2) is 10.8. The van der Waals surface area contributed by atoms with Gasteiger partial charge in [0.05, 0.1) is 31.6 Å². The summed E-state index contributed by atoms with van der Waals surface area (Å²) in [5.74, 6) is 0.793. The first-order valence-corrected chi connectivity index (χ1v) is 11.6. The molecule has 2 heterocycles. The van der Waals surface area contributed by atoms with Crippen LogP contribution in [-0.4, -0.2) is 35.4 Å². The van der Waals surface area contributed by atoms with E-state index in [2.05, 4.69) is 15.5 Å². The Kier molecular flexibility index (Phi) is 7.34. The molecule has 174 valence electrons. The fourth-order valence-corrected chi connectivity index (χ4v) is 4.28. The Morgan fingerprint density at radius 1 is 1.21 bits per heavy atom. The smallest absolute Gasteiger partial charge is 0.263 e. The van der Waals surface area contributed by atoms with Gasteiger partial charge in [-0.25, -0.2) is 10.4 Å². The minimum atomic E-state index is -0.439. The molecule has 0 fully saturated rings. The minimum absolute atomic E-state index is 0.198. The van der Waals surface area contributed by atoms with Crippen LogP contribution in [0, 0.1) is 0 Å². The molecule has 2 aromatic heterocycles. The van der Waals surface area contributed by atoms with Gasteiger partial charge in [0.15, 0.2) is 11.5 Å². The summed E-state index contributed by atoms with van der Waals surface area (Å²) in [6.07, 6.45) is 3.78. The monoisotopic (exact) mass is 476 g/mol. The Bertz CT molecular complexity index is 1380. The molecule has 0 unspecified atom stereocenters. The summed E-state index contributed by atoms with van der Waals surface area (Å²) in [6, 6.07) is 15.0. The van der Waals surface area contributed by atoms with Gasteiger partial charge in [0, 0.05) is 10.9 Å². The molecular formula is C25H24N4O4S. The zero-order chi connectivity index (χ0) is 23.9. The van der Waals surface area contributed by atoms with Gasteiger partial charge in [-0.15, -0.1) is 11.3 Å². The highest BCUT2D eigenvalue weighted by atomic mass is 32.1. The molecule has 0 aliphatic heterocycles. The second-order valence-electron chi connectivity index (χ2n) is 7.43. The van der Waals surface area contributed by atoms with Crippen molar-refractivity contribution in [3.05, 3.63) is 76.2 Å². The quantitative estimate of drug-likeness (QED) is 0.290. The van der Waals surface area contributed by atoms with E-state index in [0.717, 1.165) is 23.1 Å². The van der Waals surface area contributed by atoms with E-state index in [1.165, 1.54) is 28.4 Å². The maximum atomic E-state index is 13.1. The third kappa shape index (κ3) is 5.15. The van der Waals surface area contributed by atoms with Crippen molar-refractivity contribution in [1.82, 2.24) is 15.0 Å². The summed E-state index contributed by atoms with van der Waals surface area (Å²) in [6.45, 7) is 2.43. The van der Waals surface area contributed by atoms with Gasteiger partial charge in [0.2, 0.25) is 0 Å². The van der Waals surface area contributed by atoms with Crippen molar-refractivity contribution in [2.75, 3.05) is 13.7 Å². The Labute approximate surface area is 200 Å². The van der Waals surface area contributed by atoms with Gasteiger partial charge < -0.3 is 9.47 Å². The molecule has 0 aliphatic carbocycles. The second-order valence-corrected chi connectivity index (χ2v) is 8.28. The number of methoxy groups -OCH3 is 1. The first-order valence-electron chi connectivity index (χ1n) is 10.8. The average Bonchev–Trinajstić information content (AvgIpc) is 3.30. The molecule has 1 N–H and O–H groups in total. The molecule has 1 amide bonds. The van der Waals surface area contributed by atoms with Crippen LogP contribution in [0.2, 0.25) is 0 Å². The van der Waals surface area contributed by atoms with Crippen LogP contribution in [0.1, 0.15) is 18.9 Å². The fraction of sp³-hybridized carbons (Fsp3) is 0.200. The highest BCUT2D eigenvalue weighted by Crippen LogP contribution is 2.30. The van der Waals surface area contributed by atoms with Crippen LogP contribution >= 0.6 is 11.3 Å². The van der Waals surface area contributed by atoms with Crippen LogP contribution in [0.4, 0.5) is 0 Å². The standard InChI is InChI=1S/C25H24N4O4S/c1-3-11-33-20-10-9-17(12-21(20)32-2)13-27-28-22(30)14-29-16-26-24-23(25(29)31)19(15-34-24)18-7-5-4-6-8-18/h4-10,12-13,15-16H,3,11,14H2,1-2H3,(H,28,30)/b27-13-. The van der Waals surface area contributed by atoms with E-state index in [1.54, 1.807) is 19.2 Å². The maximum Gasteiger partial charge on any atom is 0.263 e. The van der Waals surface area contributed by atoms with Crippen LogP contribution < -0.4 is 20.5 Å². The lowest BCUT2D eigenvalue weighted by atomic mass is 10.1. The number of hydrogen-bond acceptors (Lipinski definition) is 7. The molecule has 4 aromatic rings. The highest BCUT2D eigenvalue weighted by Gasteiger charge is 2.14. The normalized spacial score (nSPS) is 11.1. The Balaban J connectivity index is 1.46. The lowest BCUT2D eigenvalue weighted by molar-refractivity contribution is -0.121. The molecule has 0 atom stereocenters. The van der Waals surface area contributed by atoms with Gasteiger partial charge >= 0.3 is 0 Å². The largest absolute Gasteiger partial charge is 0.493 e. The Hall–Kier alpha value is -3.98. The van der Waals surface area contributed by atoms with E-state index < -0.39 is 5.91 Å². The molecule has 0 spiro atoms. The number of thiophene rings is 1. The molecule has 0 saturated heterocycles. The zero-order valence-electron chi connectivity index (χ0n) is 18.9. The number of ether oxygens (including phenoxy) is 2. The van der Waals surface area contributed by atoms with Crippen molar-refractivity contribution in [2.45, 2.75) is 19.9 Å². The summed E-state index contributed by atoms with van der Waals surface area (Å²) in [5, 5.41) is 6.42. The van der Waals surface area contributed by atoms with Crippen molar-refractivity contribution in [1.29, 1.82) is 0 Å². The summed E-state index contributed by atoms with van der Waals surface area (Å²) < 4.78 is 12.3. The summed E-state index contributed by atoms with van der Waals surface area (Å²) in [4.78, 5) is 30.5. The molecule has 0 radical (unpaired) electrons. The molecule has 4 rings (SSSR count). The first kappa shape index (κ1) is 23.2. The van der Waals surface area contributed by atoms with E-state index in [9.17, 15) is 9.59 Å². The van der Waals surface area contributed by atoms with Crippen molar-refractivity contribution in [2.24, 2.45) is 5.10 Å². The van der Waals surface area contributed by atoms with E-state index in [-0.39, 0.29) is 12.1 Å². The molecule has 9 heteroatoms. The van der Waals surface area contributed by atoms with Crippen LogP contribution in [0.5, 0.6) is 11.5 Å². The van der Waals surface area contributed by atoms with Crippen molar-refractivity contribution < 1.29 is 14.3 Å². The number of hydrazone groups is 1. The number of hydrogen-bond donors (Lipinski definition) is 1. The molecular weight excluding hydrogens is 452 g/mol. The number of rotatable bonds is 9. The number of aromatic nitrogens is 2. The van der Waals surface area contributed by atoms with Crippen LogP contribution in [0.25, 0.3) is 21.3 Å². The number of nitrogens with zero attached hydrogens (tertiary/aromatic N) is 3. The van der Waals surface area contributed by atoms with Crippen molar-refractivity contribution in [3.63, 3.8) is 0 Å². The number of carbonyl (C=O) groups excluding carboxylic acids is 1. The van der Waals surface area contributed by atoms with Gasteiger partial charge in [0.25, 0.3) is 11.5 Å². The molecule has 2 aromatic carbocycles. The van der Waals surface area contributed by atoms with Crippen LogP contribution in [0.15, 0.2) is 70.1 Å². The first-order chi connectivity index (χ1) is 16.6. The third-order valence-electron chi connectivity index (χ3n) is 5.01. The van der Waals surface area contributed by atoms with E-state index >= 15 is 0 Å². The van der Waals surface area contributed by atoms with E-state index in [0.29, 0.717) is 28.3 Å². The number of amides is 1. The average molecular weight is 477 g/mol. The number of nitrogens with one attached hydrogen (secondary N) is 1. The maximum absolute atomic E-state index is 13.1. The fourth-order valence-electron chi connectivity index (χ4n) is 3.37. The minimum Gasteiger partial charge on any atom is -0.493 e. The van der Waals surface area contributed by atoms with Gasteiger partial charge in [-0.05, 0) is 35.7 Å². The molecule has 0 aliphatic rings. The topological polar surface area (TPSA) is 94.8 Å². The molecule has 0 bridgehead atoms. The van der Waals surface area contributed by atoms with Gasteiger partial charge in [0.1, 0.15) is 11.4 Å². The molecule has 8 nitrogen and oxygen atoms in total. The lowest BCUT2D eigenvalue weighted by Gasteiger charge is -2.10. The Morgan fingerprint density at radius 3 is 2.79 bits per heavy atom. The lowest BCUT2D eigenvalue weighted by Crippen LogP contribution is -2.30. The number of fused-ring (bicyclic) bond motifs is 1. The number of carbonyl (C=O) groups is 1. The third-order valence-corrected chi connectivity index (χ3v) is 5.90. The van der Waals surface area contributed by atoms with E-state index in [1.807, 2.05) is 48.7 Å². The summed E-state index contributed by atoms with van der Waals surface area (Å²) in [5.41, 5.74) is 4.66. The Morgan fingerprint density at radius 2 is 2.03 bits per heavy atom. The highest BCUT2D eigenvalue weighted by molar-refractivity contribution is 7.17. The molecule has 34 heavy (non-hydrogen) atoms. The SMILES string of the molecule is CCCOc1ccc(/C=N\NC(=O)Cn2cnc3scc(-c4ccccc4)c3c2=O)cc1OC.